The minimum Gasteiger partial charge on any atom is -0.495 e. The summed E-state index contributed by atoms with van der Waals surface area (Å²) >= 11 is 0. The number of rotatable bonds is 5. The van der Waals surface area contributed by atoms with Crippen LogP contribution in [0.2, 0.25) is 0 Å². The highest BCUT2D eigenvalue weighted by Gasteiger charge is 2.19. The standard InChI is InChI=1S/C23H18N2O4/c1-14(28-19-9-5-3-7-15(19)13-24)23(26)25-18-12-21-17(11-22(18)27-2)16-8-4-6-10-20(16)29-21/h3-12,14H,1-2H3,(H,25,26). The van der Waals surface area contributed by atoms with Gasteiger partial charge in [0.2, 0.25) is 0 Å². The van der Waals surface area contributed by atoms with E-state index in [-0.39, 0.29) is 5.91 Å². The molecule has 0 saturated carbocycles. The SMILES string of the molecule is COc1cc2c(cc1NC(=O)C(C)Oc1ccccc1C#N)oc1ccccc12. The Morgan fingerprint density at radius 2 is 1.79 bits per heavy atom. The predicted molar refractivity (Wildman–Crippen MR) is 110 cm³/mol. The summed E-state index contributed by atoms with van der Waals surface area (Å²) in [6, 6.07) is 20.1. The molecule has 4 rings (SSSR count). The monoisotopic (exact) mass is 386 g/mol. The summed E-state index contributed by atoms with van der Waals surface area (Å²) < 4.78 is 17.0. The smallest absolute Gasteiger partial charge is 0.265 e. The van der Waals surface area contributed by atoms with Gasteiger partial charge >= 0.3 is 0 Å². The fourth-order valence-corrected chi connectivity index (χ4v) is 3.16. The number of fused-ring (bicyclic) bond motifs is 3. The summed E-state index contributed by atoms with van der Waals surface area (Å²) in [5, 5.41) is 13.9. The number of anilines is 1. The molecule has 0 fully saturated rings. The number of carbonyl (C=O) groups excluding carboxylic acids is 1. The highest BCUT2D eigenvalue weighted by Crippen LogP contribution is 2.36. The Morgan fingerprint density at radius 1 is 1.03 bits per heavy atom. The third-order valence-corrected chi connectivity index (χ3v) is 4.64. The van der Waals surface area contributed by atoms with E-state index in [4.69, 9.17) is 13.9 Å². The normalized spacial score (nSPS) is 11.8. The summed E-state index contributed by atoms with van der Waals surface area (Å²) in [4.78, 5) is 12.7. The molecule has 1 N–H and O–H groups in total. The number of methoxy groups -OCH3 is 1. The molecular formula is C23H18N2O4. The van der Waals surface area contributed by atoms with Gasteiger partial charge in [0.1, 0.15) is 28.7 Å². The Bertz CT molecular complexity index is 1250. The predicted octanol–water partition coefficient (Wildman–Crippen LogP) is 4.87. The average Bonchev–Trinajstić information content (AvgIpc) is 3.10. The van der Waals surface area contributed by atoms with Gasteiger partial charge in [-0.1, -0.05) is 30.3 Å². The molecule has 6 nitrogen and oxygen atoms in total. The van der Waals surface area contributed by atoms with Crippen molar-refractivity contribution >= 4 is 33.5 Å². The van der Waals surface area contributed by atoms with E-state index >= 15 is 0 Å². The first-order valence-electron chi connectivity index (χ1n) is 9.06. The summed E-state index contributed by atoms with van der Waals surface area (Å²) in [7, 11) is 1.54. The van der Waals surface area contributed by atoms with Gasteiger partial charge in [0.25, 0.3) is 5.91 Å². The average molecular weight is 386 g/mol. The Labute approximate surface area is 167 Å². The van der Waals surface area contributed by atoms with Crippen molar-refractivity contribution in [2.45, 2.75) is 13.0 Å². The lowest BCUT2D eigenvalue weighted by atomic mass is 10.1. The van der Waals surface area contributed by atoms with Gasteiger partial charge in [-0.25, -0.2) is 0 Å². The molecule has 4 aromatic rings. The van der Waals surface area contributed by atoms with Gasteiger partial charge in [0.15, 0.2) is 6.10 Å². The molecule has 0 spiro atoms. The van der Waals surface area contributed by atoms with Crippen LogP contribution in [0.15, 0.2) is 65.1 Å². The van der Waals surface area contributed by atoms with Gasteiger partial charge < -0.3 is 19.2 Å². The van der Waals surface area contributed by atoms with Crippen LogP contribution >= 0.6 is 0 Å². The first kappa shape index (κ1) is 18.4. The zero-order valence-corrected chi connectivity index (χ0v) is 15.9. The maximum absolute atomic E-state index is 12.7. The van der Waals surface area contributed by atoms with Crippen molar-refractivity contribution in [3.05, 3.63) is 66.2 Å². The molecule has 1 amide bonds. The minimum absolute atomic E-state index is 0.359. The summed E-state index contributed by atoms with van der Waals surface area (Å²) in [6.07, 6.45) is -0.819. The third kappa shape index (κ3) is 3.46. The number of amides is 1. The molecule has 3 aromatic carbocycles. The summed E-state index contributed by atoms with van der Waals surface area (Å²) in [5.74, 6) is 0.505. The van der Waals surface area contributed by atoms with Crippen molar-refractivity contribution in [2.75, 3.05) is 12.4 Å². The molecular weight excluding hydrogens is 368 g/mol. The zero-order valence-electron chi connectivity index (χ0n) is 15.9. The molecule has 0 aliphatic carbocycles. The lowest BCUT2D eigenvalue weighted by molar-refractivity contribution is -0.122. The molecule has 1 unspecified atom stereocenters. The number of hydrogen-bond donors (Lipinski definition) is 1. The molecule has 1 atom stereocenters. The van der Waals surface area contributed by atoms with Crippen LogP contribution in [0.25, 0.3) is 21.9 Å². The van der Waals surface area contributed by atoms with E-state index in [1.807, 2.05) is 30.3 Å². The number of nitrogens with zero attached hydrogens (tertiary/aromatic N) is 1. The lowest BCUT2D eigenvalue weighted by Gasteiger charge is -2.16. The van der Waals surface area contributed by atoms with Crippen molar-refractivity contribution in [3.8, 4) is 17.6 Å². The number of furan rings is 1. The van der Waals surface area contributed by atoms with E-state index in [2.05, 4.69) is 11.4 Å². The van der Waals surface area contributed by atoms with Crippen LogP contribution in [0.3, 0.4) is 0 Å². The molecule has 0 bridgehead atoms. The van der Waals surface area contributed by atoms with E-state index in [1.54, 1.807) is 44.4 Å². The van der Waals surface area contributed by atoms with E-state index in [9.17, 15) is 10.1 Å². The van der Waals surface area contributed by atoms with Gasteiger partial charge in [-0.05, 0) is 31.2 Å². The van der Waals surface area contributed by atoms with Crippen LogP contribution < -0.4 is 14.8 Å². The van der Waals surface area contributed by atoms with Crippen molar-refractivity contribution in [1.82, 2.24) is 0 Å². The van der Waals surface area contributed by atoms with Crippen molar-refractivity contribution in [3.63, 3.8) is 0 Å². The van der Waals surface area contributed by atoms with E-state index < -0.39 is 6.10 Å². The number of para-hydroxylation sites is 2. The van der Waals surface area contributed by atoms with Gasteiger partial charge in [-0.3, -0.25) is 4.79 Å². The maximum Gasteiger partial charge on any atom is 0.265 e. The molecule has 1 heterocycles. The second-order valence-electron chi connectivity index (χ2n) is 6.50. The van der Waals surface area contributed by atoms with Gasteiger partial charge in [0, 0.05) is 16.8 Å². The molecule has 0 aliphatic heterocycles. The highest BCUT2D eigenvalue weighted by molar-refractivity contribution is 6.08. The lowest BCUT2D eigenvalue weighted by Crippen LogP contribution is -2.30. The van der Waals surface area contributed by atoms with Crippen LogP contribution in [0.5, 0.6) is 11.5 Å². The number of hydrogen-bond acceptors (Lipinski definition) is 5. The molecule has 29 heavy (non-hydrogen) atoms. The third-order valence-electron chi connectivity index (χ3n) is 4.64. The van der Waals surface area contributed by atoms with Crippen molar-refractivity contribution in [2.24, 2.45) is 0 Å². The highest BCUT2D eigenvalue weighted by atomic mass is 16.5. The Morgan fingerprint density at radius 3 is 2.59 bits per heavy atom. The zero-order chi connectivity index (χ0) is 20.4. The fourth-order valence-electron chi connectivity index (χ4n) is 3.16. The molecule has 144 valence electrons. The number of nitrogens with one attached hydrogen (secondary N) is 1. The number of benzene rings is 3. The quantitative estimate of drug-likeness (QED) is 0.529. The largest absolute Gasteiger partial charge is 0.495 e. The van der Waals surface area contributed by atoms with Crippen LogP contribution in [0.4, 0.5) is 5.69 Å². The minimum atomic E-state index is -0.819. The van der Waals surface area contributed by atoms with Crippen molar-refractivity contribution in [1.29, 1.82) is 5.26 Å². The molecule has 0 saturated heterocycles. The summed E-state index contributed by atoms with van der Waals surface area (Å²) in [5.41, 5.74) is 2.25. The molecule has 0 aliphatic rings. The molecule has 6 heteroatoms. The van der Waals surface area contributed by atoms with Crippen LogP contribution in [0, 0.1) is 11.3 Å². The molecule has 1 aromatic heterocycles. The Balaban J connectivity index is 1.61. The number of nitriles is 1. The summed E-state index contributed by atoms with van der Waals surface area (Å²) in [6.45, 7) is 1.62. The first-order valence-corrected chi connectivity index (χ1v) is 9.06. The number of carbonyl (C=O) groups is 1. The molecule has 0 radical (unpaired) electrons. The maximum atomic E-state index is 12.7. The van der Waals surface area contributed by atoms with Gasteiger partial charge in [0.05, 0.1) is 18.4 Å². The Hall–Kier alpha value is -3.98. The van der Waals surface area contributed by atoms with Gasteiger partial charge in [-0.15, -0.1) is 0 Å². The Kier molecular flexibility index (Phi) is 4.80. The van der Waals surface area contributed by atoms with Gasteiger partial charge in [-0.2, -0.15) is 5.26 Å². The first-order chi connectivity index (χ1) is 14.1. The van der Waals surface area contributed by atoms with Crippen LogP contribution in [0.1, 0.15) is 12.5 Å². The second kappa shape index (κ2) is 7.56. The number of ether oxygens (including phenoxy) is 2. The second-order valence-corrected chi connectivity index (χ2v) is 6.50. The fraction of sp³-hybridized carbons (Fsp3) is 0.130. The van der Waals surface area contributed by atoms with E-state index in [0.29, 0.717) is 28.3 Å². The van der Waals surface area contributed by atoms with Crippen LogP contribution in [-0.2, 0) is 4.79 Å². The van der Waals surface area contributed by atoms with E-state index in [1.165, 1.54) is 0 Å². The van der Waals surface area contributed by atoms with Crippen LogP contribution in [-0.4, -0.2) is 19.1 Å². The van der Waals surface area contributed by atoms with Crippen molar-refractivity contribution < 1.29 is 18.7 Å². The topological polar surface area (TPSA) is 84.5 Å². The van der Waals surface area contributed by atoms with E-state index in [0.717, 1.165) is 16.4 Å².